The van der Waals surface area contributed by atoms with Crippen LogP contribution >= 0.6 is 0 Å². The van der Waals surface area contributed by atoms with E-state index in [2.05, 4.69) is 15.1 Å². The molecular formula is C20H27N3O4. The van der Waals surface area contributed by atoms with Crippen LogP contribution in [-0.4, -0.2) is 26.2 Å². The molecule has 2 N–H and O–H groups in total. The summed E-state index contributed by atoms with van der Waals surface area (Å²) in [6.07, 6.45) is 9.24. The molecule has 2 aromatic heterocycles. The highest BCUT2D eigenvalue weighted by Crippen LogP contribution is 2.31. The second-order valence-corrected chi connectivity index (χ2v) is 7.57. The van der Waals surface area contributed by atoms with Crippen molar-refractivity contribution in [3.05, 3.63) is 34.1 Å². The van der Waals surface area contributed by atoms with E-state index >= 15 is 0 Å². The summed E-state index contributed by atoms with van der Waals surface area (Å²) in [5, 5.41) is 13.2. The summed E-state index contributed by atoms with van der Waals surface area (Å²) in [7, 11) is 0. The number of H-pyrrole nitrogens is 1. The number of nitrogens with one attached hydrogen (secondary N) is 1. The normalized spacial score (nSPS) is 16.3. The Balaban J connectivity index is 1.68. The minimum atomic E-state index is -0.884. The maximum atomic E-state index is 12.1. The van der Waals surface area contributed by atoms with Crippen molar-refractivity contribution in [1.82, 2.24) is 15.1 Å². The van der Waals surface area contributed by atoms with Crippen molar-refractivity contribution >= 4 is 5.97 Å². The fraction of sp³-hybridized carbons (Fsp3) is 0.600. The Labute approximate surface area is 158 Å². The minimum Gasteiger partial charge on any atom is -0.481 e. The van der Waals surface area contributed by atoms with Gasteiger partial charge in [-0.2, -0.15) is 4.98 Å². The van der Waals surface area contributed by atoms with Crippen molar-refractivity contribution in [2.45, 2.75) is 70.6 Å². The molecule has 0 amide bonds. The van der Waals surface area contributed by atoms with Gasteiger partial charge in [0.05, 0.1) is 12.0 Å². The van der Waals surface area contributed by atoms with Crippen molar-refractivity contribution in [3.63, 3.8) is 0 Å². The SMILES string of the molecule is Cc1ccc(-c2noc(C(CCCC3CCCCC3)CC(=O)O)n2)c(=O)[nH]1. The van der Waals surface area contributed by atoms with Crippen LogP contribution in [-0.2, 0) is 4.79 Å². The quantitative estimate of drug-likeness (QED) is 0.723. The Morgan fingerprint density at radius 1 is 1.33 bits per heavy atom. The van der Waals surface area contributed by atoms with Crippen LogP contribution in [0.1, 0.15) is 75.3 Å². The molecule has 1 unspecified atom stereocenters. The number of carboxylic acid groups (broad SMARTS) is 1. The van der Waals surface area contributed by atoms with Crippen LogP contribution in [0, 0.1) is 12.8 Å². The van der Waals surface area contributed by atoms with Crippen molar-refractivity contribution < 1.29 is 14.4 Å². The average Bonchev–Trinajstić information content (AvgIpc) is 3.11. The zero-order valence-corrected chi connectivity index (χ0v) is 15.7. The third-order valence-electron chi connectivity index (χ3n) is 5.40. The number of rotatable bonds is 8. The Bertz CT molecular complexity index is 821. The van der Waals surface area contributed by atoms with E-state index < -0.39 is 5.97 Å². The molecule has 0 saturated heterocycles. The first-order valence-electron chi connectivity index (χ1n) is 9.78. The van der Waals surface area contributed by atoms with Crippen LogP contribution < -0.4 is 5.56 Å². The van der Waals surface area contributed by atoms with Gasteiger partial charge in [0.1, 0.15) is 0 Å². The molecule has 27 heavy (non-hydrogen) atoms. The van der Waals surface area contributed by atoms with Crippen LogP contribution in [0.15, 0.2) is 21.5 Å². The highest BCUT2D eigenvalue weighted by atomic mass is 16.5. The molecule has 1 aliphatic rings. The van der Waals surface area contributed by atoms with Crippen LogP contribution in [0.25, 0.3) is 11.4 Å². The van der Waals surface area contributed by atoms with Crippen LogP contribution in [0.4, 0.5) is 0 Å². The number of pyridine rings is 1. The van der Waals surface area contributed by atoms with Crippen molar-refractivity contribution in [3.8, 4) is 11.4 Å². The second kappa shape index (κ2) is 8.97. The molecule has 0 aromatic carbocycles. The van der Waals surface area contributed by atoms with Gasteiger partial charge in [-0.05, 0) is 31.4 Å². The number of aryl methyl sites for hydroxylation is 1. The molecule has 1 saturated carbocycles. The van der Waals surface area contributed by atoms with Gasteiger partial charge in [0, 0.05) is 11.6 Å². The summed E-state index contributed by atoms with van der Waals surface area (Å²) in [6.45, 7) is 1.79. The topological polar surface area (TPSA) is 109 Å². The van der Waals surface area contributed by atoms with E-state index in [1.54, 1.807) is 19.1 Å². The lowest BCUT2D eigenvalue weighted by Gasteiger charge is -2.21. The van der Waals surface area contributed by atoms with E-state index in [-0.39, 0.29) is 23.7 Å². The van der Waals surface area contributed by atoms with E-state index in [0.29, 0.717) is 17.9 Å². The Kier molecular flexibility index (Phi) is 6.42. The molecule has 2 heterocycles. The van der Waals surface area contributed by atoms with Crippen molar-refractivity contribution in [2.24, 2.45) is 5.92 Å². The van der Waals surface area contributed by atoms with E-state index in [1.165, 1.54) is 32.1 Å². The van der Waals surface area contributed by atoms with Crippen LogP contribution in [0.2, 0.25) is 0 Å². The fourth-order valence-corrected chi connectivity index (χ4v) is 3.91. The lowest BCUT2D eigenvalue weighted by atomic mass is 9.84. The summed E-state index contributed by atoms with van der Waals surface area (Å²) in [4.78, 5) is 30.4. The molecule has 7 heteroatoms. The summed E-state index contributed by atoms with van der Waals surface area (Å²) in [5.74, 6) is 0.0565. The highest BCUT2D eigenvalue weighted by Gasteiger charge is 2.24. The van der Waals surface area contributed by atoms with Gasteiger partial charge in [-0.1, -0.05) is 50.1 Å². The summed E-state index contributed by atoms with van der Waals surface area (Å²) >= 11 is 0. The lowest BCUT2D eigenvalue weighted by Crippen LogP contribution is -2.11. The molecule has 0 radical (unpaired) electrons. The largest absolute Gasteiger partial charge is 0.481 e. The third kappa shape index (κ3) is 5.28. The number of aromatic nitrogens is 3. The van der Waals surface area contributed by atoms with E-state index in [9.17, 15) is 14.7 Å². The molecule has 1 aliphatic carbocycles. The number of aliphatic carboxylic acids is 1. The number of hydrogen-bond donors (Lipinski definition) is 2. The molecule has 0 spiro atoms. The molecule has 1 atom stereocenters. The van der Waals surface area contributed by atoms with Gasteiger partial charge in [-0.15, -0.1) is 0 Å². The van der Waals surface area contributed by atoms with Gasteiger partial charge >= 0.3 is 5.97 Å². The summed E-state index contributed by atoms with van der Waals surface area (Å²) in [6, 6.07) is 3.42. The molecule has 3 rings (SSSR count). The first-order valence-corrected chi connectivity index (χ1v) is 9.78. The van der Waals surface area contributed by atoms with Crippen molar-refractivity contribution in [2.75, 3.05) is 0 Å². The minimum absolute atomic E-state index is 0.0451. The number of carboxylic acids is 1. The number of hydrogen-bond acceptors (Lipinski definition) is 5. The predicted molar refractivity (Wildman–Crippen MR) is 101 cm³/mol. The van der Waals surface area contributed by atoms with Gasteiger partial charge in [0.2, 0.25) is 11.7 Å². The standard InChI is InChI=1S/C20H27N3O4/c1-13-10-11-16(19(26)21-13)18-22-20(27-23-18)15(12-17(24)25)9-5-8-14-6-3-2-4-7-14/h10-11,14-15H,2-9,12H2,1H3,(H,21,26)(H,24,25). The third-order valence-corrected chi connectivity index (χ3v) is 5.40. The smallest absolute Gasteiger partial charge is 0.304 e. The maximum Gasteiger partial charge on any atom is 0.304 e. The number of aromatic amines is 1. The zero-order valence-electron chi connectivity index (χ0n) is 15.7. The average molecular weight is 373 g/mol. The Morgan fingerprint density at radius 3 is 2.81 bits per heavy atom. The first kappa shape index (κ1) is 19.3. The molecular weight excluding hydrogens is 346 g/mol. The second-order valence-electron chi connectivity index (χ2n) is 7.57. The molecule has 2 aromatic rings. The Morgan fingerprint density at radius 2 is 2.11 bits per heavy atom. The highest BCUT2D eigenvalue weighted by molar-refractivity contribution is 5.67. The molecule has 1 fully saturated rings. The summed E-state index contributed by atoms with van der Waals surface area (Å²) < 4.78 is 5.33. The van der Waals surface area contributed by atoms with Crippen LogP contribution in [0.3, 0.4) is 0 Å². The van der Waals surface area contributed by atoms with Crippen molar-refractivity contribution in [1.29, 1.82) is 0 Å². The maximum absolute atomic E-state index is 12.1. The Hall–Kier alpha value is -2.44. The van der Waals surface area contributed by atoms with Gasteiger partial charge in [-0.25, -0.2) is 0 Å². The van der Waals surface area contributed by atoms with Crippen LogP contribution in [0.5, 0.6) is 0 Å². The summed E-state index contributed by atoms with van der Waals surface area (Å²) in [5.41, 5.74) is 0.792. The zero-order chi connectivity index (χ0) is 19.2. The van der Waals surface area contributed by atoms with E-state index in [1.807, 2.05) is 0 Å². The van der Waals surface area contributed by atoms with Gasteiger partial charge in [0.15, 0.2) is 0 Å². The lowest BCUT2D eigenvalue weighted by molar-refractivity contribution is -0.137. The van der Waals surface area contributed by atoms with Gasteiger partial charge in [-0.3, -0.25) is 9.59 Å². The first-order chi connectivity index (χ1) is 13.0. The predicted octanol–water partition coefficient (Wildman–Crippen LogP) is 4.04. The molecule has 146 valence electrons. The van der Waals surface area contributed by atoms with E-state index in [4.69, 9.17) is 4.52 Å². The molecule has 0 aliphatic heterocycles. The van der Waals surface area contributed by atoms with Gasteiger partial charge in [0.25, 0.3) is 5.56 Å². The van der Waals surface area contributed by atoms with E-state index in [0.717, 1.165) is 24.5 Å². The molecule has 0 bridgehead atoms. The number of carbonyl (C=O) groups is 1. The number of nitrogens with zero attached hydrogens (tertiary/aromatic N) is 2. The fourth-order valence-electron chi connectivity index (χ4n) is 3.91. The molecule has 7 nitrogen and oxygen atoms in total. The monoisotopic (exact) mass is 373 g/mol. The van der Waals surface area contributed by atoms with Gasteiger partial charge < -0.3 is 14.6 Å².